The van der Waals surface area contributed by atoms with E-state index in [2.05, 4.69) is 10.6 Å². The number of aromatic nitrogens is 2. The molecule has 0 spiro atoms. The van der Waals surface area contributed by atoms with Crippen molar-refractivity contribution in [1.82, 2.24) is 0 Å². The molecule has 0 N–H and O–H groups in total. The van der Waals surface area contributed by atoms with Gasteiger partial charge in [-0.2, -0.15) is 14.4 Å². The first kappa shape index (κ1) is 14.0. The molecule has 4 heteroatoms. The maximum absolute atomic E-state index is 9.36. The molecule has 1 aromatic carbocycles. The van der Waals surface area contributed by atoms with Crippen molar-refractivity contribution in [3.63, 3.8) is 0 Å². The Labute approximate surface area is 129 Å². The predicted octanol–water partition coefficient (Wildman–Crippen LogP) is 2.54. The van der Waals surface area contributed by atoms with Gasteiger partial charge >= 0.3 is 5.89 Å². The second kappa shape index (κ2) is 5.45. The molecule has 0 aliphatic carbocycles. The third-order valence-corrected chi connectivity index (χ3v) is 3.85. The quantitative estimate of drug-likeness (QED) is 0.681. The van der Waals surface area contributed by atoms with Crippen LogP contribution in [0, 0.1) is 25.2 Å². The summed E-state index contributed by atoms with van der Waals surface area (Å²) >= 11 is 0. The van der Waals surface area contributed by atoms with E-state index in [-0.39, 0.29) is 0 Å². The van der Waals surface area contributed by atoms with Crippen molar-refractivity contribution in [2.45, 2.75) is 13.8 Å². The Morgan fingerprint density at radius 1 is 1.14 bits per heavy atom. The normalized spacial score (nSPS) is 10.5. The summed E-state index contributed by atoms with van der Waals surface area (Å²) in [5, 5.41) is 9.36. The summed E-state index contributed by atoms with van der Waals surface area (Å²) < 4.78 is 9.59. The van der Waals surface area contributed by atoms with Crippen LogP contribution in [0.1, 0.15) is 16.8 Å². The Kier molecular flexibility index (Phi) is 3.48. The molecule has 0 bridgehead atoms. The van der Waals surface area contributed by atoms with Gasteiger partial charge < -0.3 is 4.42 Å². The molecule has 22 heavy (non-hydrogen) atoms. The van der Waals surface area contributed by atoms with Crippen LogP contribution < -0.4 is 9.13 Å². The molecule has 2 heterocycles. The zero-order valence-electron chi connectivity index (χ0n) is 12.9. The molecule has 4 nitrogen and oxygen atoms in total. The van der Waals surface area contributed by atoms with Crippen LogP contribution in [0.3, 0.4) is 0 Å². The number of nitrogens with zero attached hydrogens (tertiary/aromatic N) is 3. The van der Waals surface area contributed by atoms with E-state index in [9.17, 15) is 5.26 Å². The van der Waals surface area contributed by atoms with Gasteiger partial charge in [-0.25, -0.2) is 0 Å². The van der Waals surface area contributed by atoms with Crippen LogP contribution in [-0.4, -0.2) is 0 Å². The van der Waals surface area contributed by atoms with E-state index in [4.69, 9.17) is 4.42 Å². The number of hydrogen-bond donors (Lipinski definition) is 0. The largest absolute Gasteiger partial charge is 0.406 e. The van der Waals surface area contributed by atoms with Crippen LogP contribution in [0.4, 0.5) is 0 Å². The lowest BCUT2D eigenvalue weighted by molar-refractivity contribution is -0.662. The van der Waals surface area contributed by atoms with Crippen molar-refractivity contribution in [3.05, 3.63) is 65.8 Å². The lowest BCUT2D eigenvalue weighted by Gasteiger charge is -2.06. The maximum atomic E-state index is 9.36. The van der Waals surface area contributed by atoms with Crippen LogP contribution >= 0.6 is 0 Å². The van der Waals surface area contributed by atoms with E-state index >= 15 is 0 Å². The summed E-state index contributed by atoms with van der Waals surface area (Å²) in [6.45, 7) is 4.10. The molecule has 0 aliphatic heterocycles. The average Bonchev–Trinajstić information content (AvgIpc) is 2.94. The van der Waals surface area contributed by atoms with E-state index in [1.165, 1.54) is 0 Å². The molecule has 0 amide bonds. The van der Waals surface area contributed by atoms with Crippen LogP contribution in [-0.2, 0) is 7.05 Å². The van der Waals surface area contributed by atoms with Crippen molar-refractivity contribution in [2.75, 3.05) is 0 Å². The van der Waals surface area contributed by atoms with Gasteiger partial charge in [0.25, 0.3) is 0 Å². The summed E-state index contributed by atoms with van der Waals surface area (Å²) in [6.07, 6.45) is 5.51. The van der Waals surface area contributed by atoms with Gasteiger partial charge in [0.2, 0.25) is 11.9 Å². The first-order valence-corrected chi connectivity index (χ1v) is 7.07. The minimum atomic E-state index is 0.614. The first-order valence-electron chi connectivity index (χ1n) is 7.07. The summed E-state index contributed by atoms with van der Waals surface area (Å²) in [5.41, 5.74) is 4.71. The molecule has 0 atom stereocenters. The molecule has 2 aromatic heterocycles. The number of aryl methyl sites for hydroxylation is 2. The minimum Gasteiger partial charge on any atom is -0.406 e. The fourth-order valence-electron chi connectivity index (χ4n) is 2.63. The summed E-state index contributed by atoms with van der Waals surface area (Å²) in [5.74, 6) is 0.741. The lowest BCUT2D eigenvalue weighted by atomic mass is 10.0. The number of oxazole rings is 1. The van der Waals surface area contributed by atoms with Crippen LogP contribution in [0.2, 0.25) is 0 Å². The molecule has 0 radical (unpaired) electrons. The minimum absolute atomic E-state index is 0.614. The second-order valence-corrected chi connectivity index (χ2v) is 5.31. The monoisotopic (exact) mass is 291 g/mol. The summed E-state index contributed by atoms with van der Waals surface area (Å²) in [4.78, 5) is 0. The Morgan fingerprint density at radius 3 is 2.59 bits per heavy atom. The number of benzene rings is 1. The van der Waals surface area contributed by atoms with E-state index in [0.717, 1.165) is 28.4 Å². The fraction of sp³-hybridized carbons (Fsp3) is 0.167. The Bertz CT molecular complexity index is 888. The molecule has 0 saturated carbocycles. The highest BCUT2D eigenvalue weighted by atomic mass is 16.3. The van der Waals surface area contributed by atoms with Crippen LogP contribution in [0.5, 0.6) is 0 Å². The molecule has 0 aliphatic rings. The zero-order valence-corrected chi connectivity index (χ0v) is 12.9. The number of pyridine rings is 1. The van der Waals surface area contributed by atoms with Gasteiger partial charge in [0.15, 0.2) is 18.2 Å². The van der Waals surface area contributed by atoms with E-state index < -0.39 is 0 Å². The van der Waals surface area contributed by atoms with E-state index in [1.54, 1.807) is 6.26 Å². The van der Waals surface area contributed by atoms with Gasteiger partial charge in [-0.15, -0.1) is 0 Å². The Balaban J connectivity index is 2.31. The molecular weight excluding hydrogens is 274 g/mol. The zero-order chi connectivity index (χ0) is 15.7. The highest BCUT2D eigenvalue weighted by Gasteiger charge is 2.24. The van der Waals surface area contributed by atoms with Gasteiger partial charge in [-0.05, 0) is 13.0 Å². The molecule has 3 rings (SSSR count). The predicted molar refractivity (Wildman–Crippen MR) is 81.0 cm³/mol. The van der Waals surface area contributed by atoms with E-state index in [0.29, 0.717) is 5.56 Å². The topological polar surface area (TPSA) is 44.7 Å². The highest BCUT2D eigenvalue weighted by molar-refractivity contribution is 5.64. The van der Waals surface area contributed by atoms with Gasteiger partial charge in [0.1, 0.15) is 7.05 Å². The number of rotatable bonds is 2. The van der Waals surface area contributed by atoms with Crippen molar-refractivity contribution in [3.8, 4) is 23.2 Å². The molecule has 108 valence electrons. The summed E-state index contributed by atoms with van der Waals surface area (Å²) in [6, 6.07) is 12.1. The Hall–Kier alpha value is -2.93. The Morgan fingerprint density at radius 2 is 1.95 bits per heavy atom. The molecule has 3 aromatic rings. The lowest BCUT2D eigenvalue weighted by Crippen LogP contribution is -2.35. The summed E-state index contributed by atoms with van der Waals surface area (Å²) in [7, 11) is 1.93. The van der Waals surface area contributed by atoms with Gasteiger partial charge in [-0.3, -0.25) is 0 Å². The molecule has 0 saturated heterocycles. The number of hydrogen-bond acceptors (Lipinski definition) is 2. The molecule has 0 fully saturated rings. The second-order valence-electron chi connectivity index (χ2n) is 5.31. The first-order chi connectivity index (χ1) is 10.6. The molecular formula is C18H17N3O+2. The third-order valence-electron chi connectivity index (χ3n) is 3.85. The number of nitriles is 1. The fourth-order valence-corrected chi connectivity index (χ4v) is 2.63. The van der Waals surface area contributed by atoms with E-state index in [1.807, 2.05) is 68.2 Å². The highest BCUT2D eigenvalue weighted by Crippen LogP contribution is 2.25. The smallest absolute Gasteiger partial charge is 0.380 e. The standard InChI is InChI=1S/C18H17N3O/c1-13-6-4-5-7-21(13)17-11-15(12-19)10-16(14(17)2)18-20(3)8-9-22-18/h4-11H,1-3H3/q+2. The van der Waals surface area contributed by atoms with Crippen molar-refractivity contribution in [1.29, 1.82) is 5.26 Å². The van der Waals surface area contributed by atoms with Crippen molar-refractivity contribution < 1.29 is 13.6 Å². The van der Waals surface area contributed by atoms with Crippen LogP contribution in [0.15, 0.2) is 53.4 Å². The van der Waals surface area contributed by atoms with Gasteiger partial charge in [0.05, 0.1) is 17.2 Å². The van der Waals surface area contributed by atoms with Crippen molar-refractivity contribution in [2.24, 2.45) is 7.05 Å². The van der Waals surface area contributed by atoms with Gasteiger partial charge in [0, 0.05) is 30.7 Å². The van der Waals surface area contributed by atoms with Gasteiger partial charge in [-0.1, -0.05) is 6.07 Å². The molecule has 0 unspecified atom stereocenters. The van der Waals surface area contributed by atoms with Crippen LogP contribution in [0.25, 0.3) is 17.1 Å². The third kappa shape index (κ3) is 2.27. The average molecular weight is 291 g/mol. The maximum Gasteiger partial charge on any atom is 0.380 e. The SMILES string of the molecule is Cc1c(-c2occ[n+]2C)cc(C#N)cc1-[n+]1ccccc1C. The van der Waals surface area contributed by atoms with Crippen molar-refractivity contribution >= 4 is 0 Å².